The minimum absolute atomic E-state index is 0.233. The molecule has 0 spiro atoms. The van der Waals surface area contributed by atoms with Crippen LogP contribution in [0.1, 0.15) is 32.3 Å². The summed E-state index contributed by atoms with van der Waals surface area (Å²) < 4.78 is 5.02. The Hall–Kier alpha value is -2.02. The Morgan fingerprint density at radius 2 is 2.06 bits per heavy atom. The van der Waals surface area contributed by atoms with E-state index in [0.29, 0.717) is 12.2 Å². The molecule has 18 heavy (non-hydrogen) atoms. The van der Waals surface area contributed by atoms with E-state index >= 15 is 0 Å². The molecule has 0 aromatic heterocycles. The van der Waals surface area contributed by atoms with Gasteiger partial charge >= 0.3 is 5.97 Å². The topological polar surface area (TPSA) is 62.1 Å². The van der Waals surface area contributed by atoms with Gasteiger partial charge < -0.3 is 10.1 Å². The Labute approximate surface area is 108 Å². The first-order chi connectivity index (χ1) is 8.71. The highest BCUT2D eigenvalue weighted by Crippen LogP contribution is 2.13. The number of anilines is 1. The fourth-order valence-electron chi connectivity index (χ4n) is 1.62. The number of ether oxygens (including phenoxy) is 1. The van der Waals surface area contributed by atoms with E-state index in [1.807, 2.05) is 6.92 Å². The zero-order valence-electron chi connectivity index (χ0n) is 10.8. The average molecular weight is 246 g/mol. The summed E-state index contributed by atoms with van der Waals surface area (Å²) in [4.78, 5) is 11.7. The highest BCUT2D eigenvalue weighted by atomic mass is 16.5. The second kappa shape index (κ2) is 7.33. The molecule has 1 aromatic rings. The molecular weight excluding hydrogens is 228 g/mol. The fraction of sp³-hybridized carbons (Fsp3) is 0.429. The zero-order valence-corrected chi connectivity index (χ0v) is 10.8. The van der Waals surface area contributed by atoms with Crippen molar-refractivity contribution >= 4 is 11.7 Å². The summed E-state index contributed by atoms with van der Waals surface area (Å²) >= 11 is 0. The van der Waals surface area contributed by atoms with Crippen LogP contribution in [0.5, 0.6) is 0 Å². The minimum Gasteiger partial charge on any atom is -0.464 e. The number of esters is 1. The van der Waals surface area contributed by atoms with E-state index in [4.69, 9.17) is 10.00 Å². The quantitative estimate of drug-likeness (QED) is 0.784. The fourth-order valence-corrected chi connectivity index (χ4v) is 1.62. The number of carbonyl (C=O) groups excluding carboxylic acids is 1. The second-order valence-corrected chi connectivity index (χ2v) is 3.93. The van der Waals surface area contributed by atoms with Crippen LogP contribution in [0.2, 0.25) is 0 Å². The van der Waals surface area contributed by atoms with Crippen molar-refractivity contribution in [3.8, 4) is 6.07 Å². The van der Waals surface area contributed by atoms with Crippen LogP contribution in [0, 0.1) is 11.3 Å². The van der Waals surface area contributed by atoms with Gasteiger partial charge in [0.25, 0.3) is 0 Å². The Bertz CT molecular complexity index is 420. The number of nitrogens with one attached hydrogen (secondary N) is 1. The number of nitrogens with zero attached hydrogens (tertiary/aromatic N) is 1. The van der Waals surface area contributed by atoms with Gasteiger partial charge in [-0.15, -0.1) is 0 Å². The third-order valence-corrected chi connectivity index (χ3v) is 2.50. The summed E-state index contributed by atoms with van der Waals surface area (Å²) in [7, 11) is 0. The molecule has 1 unspecified atom stereocenters. The van der Waals surface area contributed by atoms with Gasteiger partial charge in [0.15, 0.2) is 0 Å². The van der Waals surface area contributed by atoms with Gasteiger partial charge in [-0.05, 0) is 37.6 Å². The smallest absolute Gasteiger partial charge is 0.328 e. The average Bonchev–Trinajstić information content (AvgIpc) is 2.39. The van der Waals surface area contributed by atoms with Crippen molar-refractivity contribution in [3.63, 3.8) is 0 Å². The van der Waals surface area contributed by atoms with Gasteiger partial charge in [-0.25, -0.2) is 4.79 Å². The monoisotopic (exact) mass is 246 g/mol. The molecule has 96 valence electrons. The van der Waals surface area contributed by atoms with E-state index in [0.717, 1.165) is 18.5 Å². The molecule has 0 saturated carbocycles. The van der Waals surface area contributed by atoms with Gasteiger partial charge in [0, 0.05) is 5.69 Å². The molecule has 4 nitrogen and oxygen atoms in total. The zero-order chi connectivity index (χ0) is 13.4. The SMILES string of the molecule is CCCC(Nc1ccc(C#N)cc1)C(=O)OCC. The number of hydrogen-bond acceptors (Lipinski definition) is 4. The van der Waals surface area contributed by atoms with Crippen molar-refractivity contribution < 1.29 is 9.53 Å². The summed E-state index contributed by atoms with van der Waals surface area (Å²) in [5.41, 5.74) is 1.42. The number of benzene rings is 1. The summed E-state index contributed by atoms with van der Waals surface area (Å²) in [5, 5.41) is 11.8. The van der Waals surface area contributed by atoms with Crippen molar-refractivity contribution in [1.29, 1.82) is 5.26 Å². The molecule has 0 radical (unpaired) electrons. The molecule has 4 heteroatoms. The first-order valence-corrected chi connectivity index (χ1v) is 6.14. The molecule has 0 aliphatic rings. The van der Waals surface area contributed by atoms with Crippen LogP contribution in [0.15, 0.2) is 24.3 Å². The minimum atomic E-state index is -0.331. The highest BCUT2D eigenvalue weighted by Gasteiger charge is 2.18. The van der Waals surface area contributed by atoms with Crippen molar-refractivity contribution in [2.45, 2.75) is 32.7 Å². The lowest BCUT2D eigenvalue weighted by atomic mass is 10.1. The van der Waals surface area contributed by atoms with Gasteiger partial charge in [-0.1, -0.05) is 13.3 Å². The van der Waals surface area contributed by atoms with Gasteiger partial charge in [-0.2, -0.15) is 5.26 Å². The van der Waals surface area contributed by atoms with E-state index in [1.54, 1.807) is 31.2 Å². The Kier molecular flexibility index (Phi) is 5.72. The van der Waals surface area contributed by atoms with E-state index in [9.17, 15) is 4.79 Å². The maximum atomic E-state index is 11.7. The molecule has 0 fully saturated rings. The molecule has 0 saturated heterocycles. The van der Waals surface area contributed by atoms with Crippen LogP contribution in [0.4, 0.5) is 5.69 Å². The molecule has 0 aliphatic carbocycles. The van der Waals surface area contributed by atoms with Crippen molar-refractivity contribution in [1.82, 2.24) is 0 Å². The van der Waals surface area contributed by atoms with Crippen molar-refractivity contribution in [2.75, 3.05) is 11.9 Å². The van der Waals surface area contributed by atoms with E-state index in [2.05, 4.69) is 11.4 Å². The normalized spacial score (nSPS) is 11.4. The van der Waals surface area contributed by atoms with Crippen LogP contribution in [-0.4, -0.2) is 18.6 Å². The van der Waals surface area contributed by atoms with Crippen molar-refractivity contribution in [2.24, 2.45) is 0 Å². The maximum absolute atomic E-state index is 11.7. The number of carbonyl (C=O) groups is 1. The van der Waals surface area contributed by atoms with Gasteiger partial charge in [0.1, 0.15) is 6.04 Å². The Morgan fingerprint density at radius 1 is 1.39 bits per heavy atom. The predicted octanol–water partition coefficient (Wildman–Crippen LogP) is 2.70. The van der Waals surface area contributed by atoms with Gasteiger partial charge in [-0.3, -0.25) is 0 Å². The number of hydrogen-bond donors (Lipinski definition) is 1. The third-order valence-electron chi connectivity index (χ3n) is 2.50. The molecule has 1 aromatic carbocycles. The molecule has 1 rings (SSSR count). The van der Waals surface area contributed by atoms with E-state index in [1.165, 1.54) is 0 Å². The van der Waals surface area contributed by atoms with Gasteiger partial charge in [0.05, 0.1) is 18.2 Å². The second-order valence-electron chi connectivity index (χ2n) is 3.93. The molecule has 0 aliphatic heterocycles. The number of rotatable bonds is 6. The Morgan fingerprint density at radius 3 is 2.56 bits per heavy atom. The van der Waals surface area contributed by atoms with Crippen LogP contribution in [-0.2, 0) is 9.53 Å². The predicted molar refractivity (Wildman–Crippen MR) is 70.1 cm³/mol. The van der Waals surface area contributed by atoms with Crippen LogP contribution in [0.25, 0.3) is 0 Å². The van der Waals surface area contributed by atoms with E-state index in [-0.39, 0.29) is 12.0 Å². The standard InChI is InChI=1S/C14H18N2O2/c1-3-5-13(14(17)18-4-2)16-12-8-6-11(10-15)7-9-12/h6-9,13,16H,3-5H2,1-2H3. The summed E-state index contributed by atoms with van der Waals surface area (Å²) in [5.74, 6) is -0.233. The lowest BCUT2D eigenvalue weighted by molar-refractivity contribution is -0.144. The Balaban J connectivity index is 2.70. The maximum Gasteiger partial charge on any atom is 0.328 e. The number of nitriles is 1. The van der Waals surface area contributed by atoms with Crippen molar-refractivity contribution in [3.05, 3.63) is 29.8 Å². The first kappa shape index (κ1) is 14.0. The molecule has 1 N–H and O–H groups in total. The third kappa shape index (κ3) is 4.10. The lowest BCUT2D eigenvalue weighted by Crippen LogP contribution is -2.31. The van der Waals surface area contributed by atoms with Crippen LogP contribution >= 0.6 is 0 Å². The summed E-state index contributed by atoms with van der Waals surface area (Å²) in [6.45, 7) is 4.20. The highest BCUT2D eigenvalue weighted by molar-refractivity contribution is 5.79. The van der Waals surface area contributed by atoms with Crippen LogP contribution < -0.4 is 5.32 Å². The van der Waals surface area contributed by atoms with Crippen LogP contribution in [0.3, 0.4) is 0 Å². The van der Waals surface area contributed by atoms with Gasteiger partial charge in [0.2, 0.25) is 0 Å². The molecule has 0 bridgehead atoms. The summed E-state index contributed by atoms with van der Waals surface area (Å²) in [6, 6.07) is 8.75. The molecule has 0 heterocycles. The first-order valence-electron chi connectivity index (χ1n) is 6.14. The molecule has 0 amide bonds. The van der Waals surface area contributed by atoms with E-state index < -0.39 is 0 Å². The summed E-state index contributed by atoms with van der Waals surface area (Å²) in [6.07, 6.45) is 1.62. The molecule has 1 atom stereocenters. The molecular formula is C14H18N2O2. The largest absolute Gasteiger partial charge is 0.464 e. The lowest BCUT2D eigenvalue weighted by Gasteiger charge is -2.17.